The minimum atomic E-state index is -0.611. The summed E-state index contributed by atoms with van der Waals surface area (Å²) in [5.74, 6) is 0.207. The van der Waals surface area contributed by atoms with E-state index in [4.69, 9.17) is 10.5 Å². The van der Waals surface area contributed by atoms with Gasteiger partial charge in [-0.2, -0.15) is 0 Å². The summed E-state index contributed by atoms with van der Waals surface area (Å²) in [6, 6.07) is 19.3. The second kappa shape index (κ2) is 9.51. The molecule has 0 spiro atoms. The predicted molar refractivity (Wildman–Crippen MR) is 133 cm³/mol. The molecule has 1 aliphatic heterocycles. The molecule has 1 amide bonds. The molecule has 0 aromatic heterocycles. The maximum Gasteiger partial charge on any atom is 0.248 e. The molecule has 3 N–H and O–H groups in total. The minimum absolute atomic E-state index is 0.0792. The topological polar surface area (TPSA) is 79.0 Å². The van der Waals surface area contributed by atoms with Gasteiger partial charge in [-0.3, -0.25) is 14.6 Å². The molecule has 6 heteroatoms. The first kappa shape index (κ1) is 23.2. The van der Waals surface area contributed by atoms with E-state index < -0.39 is 12.0 Å². The highest BCUT2D eigenvalue weighted by Gasteiger charge is 2.31. The Bertz CT molecular complexity index is 1140. The molecule has 1 atom stereocenters. The first-order valence-electron chi connectivity index (χ1n) is 11.4. The van der Waals surface area contributed by atoms with Crippen LogP contribution in [0.4, 0.5) is 0 Å². The molecule has 3 aromatic rings. The van der Waals surface area contributed by atoms with Gasteiger partial charge in [0.2, 0.25) is 5.91 Å². The number of likely N-dealkylation sites (N-methyl/N-ethyl adjacent to an activating group) is 1. The van der Waals surface area contributed by atoms with Gasteiger partial charge in [-0.25, -0.2) is 0 Å². The molecular formula is C27H33N3O3. The maximum atomic E-state index is 11.8. The highest BCUT2D eigenvalue weighted by molar-refractivity contribution is 6.01. The summed E-state index contributed by atoms with van der Waals surface area (Å²) in [4.78, 5) is 16.4. The lowest BCUT2D eigenvalue weighted by atomic mass is 9.96. The number of hydrogen-bond acceptors (Lipinski definition) is 5. The standard InChI is InChI=1S/C27H33N3O3/c1-27(2)18-30(14-13-29(27)3)16-22(31)17-33-24-12-11-19-7-4-5-10-23(19)25(24)20-8-6-9-21(15-20)26(28)32/h4-12,15,22,31H,13-14,16-18H2,1-3H3,(H2,28,32). The van der Waals surface area contributed by atoms with Crippen molar-refractivity contribution in [1.29, 1.82) is 0 Å². The van der Waals surface area contributed by atoms with Crippen LogP contribution in [0.25, 0.3) is 21.9 Å². The van der Waals surface area contributed by atoms with Gasteiger partial charge >= 0.3 is 0 Å². The number of rotatable bonds is 7. The number of primary amides is 1. The number of hydrogen-bond donors (Lipinski definition) is 2. The van der Waals surface area contributed by atoms with Crippen LogP contribution in [0.1, 0.15) is 24.2 Å². The summed E-state index contributed by atoms with van der Waals surface area (Å²) in [6.45, 7) is 8.02. The summed E-state index contributed by atoms with van der Waals surface area (Å²) in [6.07, 6.45) is -0.611. The minimum Gasteiger partial charge on any atom is -0.490 e. The quantitative estimate of drug-likeness (QED) is 0.581. The molecule has 6 nitrogen and oxygen atoms in total. The summed E-state index contributed by atoms with van der Waals surface area (Å²) in [7, 11) is 2.14. The molecule has 0 radical (unpaired) electrons. The van der Waals surface area contributed by atoms with Gasteiger partial charge in [-0.15, -0.1) is 0 Å². The number of nitrogens with zero attached hydrogens (tertiary/aromatic N) is 2. The van der Waals surface area contributed by atoms with Crippen LogP contribution in [0.5, 0.6) is 5.75 Å². The zero-order valence-corrected chi connectivity index (χ0v) is 19.6. The Balaban J connectivity index is 1.56. The Kier molecular flexibility index (Phi) is 6.70. The molecule has 0 aliphatic carbocycles. The highest BCUT2D eigenvalue weighted by atomic mass is 16.5. The lowest BCUT2D eigenvalue weighted by Gasteiger charge is -2.45. The zero-order valence-electron chi connectivity index (χ0n) is 19.6. The maximum absolute atomic E-state index is 11.8. The van der Waals surface area contributed by atoms with Crippen LogP contribution in [0, 0.1) is 0 Å². The smallest absolute Gasteiger partial charge is 0.248 e. The van der Waals surface area contributed by atoms with Gasteiger partial charge in [0.05, 0.1) is 0 Å². The summed E-state index contributed by atoms with van der Waals surface area (Å²) in [5, 5.41) is 12.8. The molecule has 33 heavy (non-hydrogen) atoms. The number of piperazine rings is 1. The number of fused-ring (bicyclic) bond motifs is 1. The van der Waals surface area contributed by atoms with E-state index >= 15 is 0 Å². The zero-order chi connectivity index (χ0) is 23.6. The molecule has 0 saturated carbocycles. The summed E-state index contributed by atoms with van der Waals surface area (Å²) in [5.41, 5.74) is 7.79. The average molecular weight is 448 g/mol. The van der Waals surface area contributed by atoms with Gasteiger partial charge in [0.15, 0.2) is 0 Å². The number of ether oxygens (including phenoxy) is 1. The van der Waals surface area contributed by atoms with Crippen molar-refractivity contribution < 1.29 is 14.6 Å². The Morgan fingerprint density at radius 1 is 1.12 bits per heavy atom. The Labute approximate surface area is 195 Å². The first-order valence-corrected chi connectivity index (χ1v) is 11.4. The number of aliphatic hydroxyl groups is 1. The van der Waals surface area contributed by atoms with E-state index in [2.05, 4.69) is 30.7 Å². The molecule has 1 unspecified atom stereocenters. The number of amides is 1. The molecule has 1 saturated heterocycles. The van der Waals surface area contributed by atoms with Gasteiger partial charge in [0.25, 0.3) is 0 Å². The second-order valence-electron chi connectivity index (χ2n) is 9.54. The van der Waals surface area contributed by atoms with Crippen LogP contribution >= 0.6 is 0 Å². The molecule has 1 aliphatic rings. The van der Waals surface area contributed by atoms with Crippen LogP contribution in [-0.4, -0.2) is 72.3 Å². The van der Waals surface area contributed by atoms with Crippen molar-refractivity contribution >= 4 is 16.7 Å². The van der Waals surface area contributed by atoms with Crippen LogP contribution < -0.4 is 10.5 Å². The summed E-state index contributed by atoms with van der Waals surface area (Å²) >= 11 is 0. The third kappa shape index (κ3) is 5.19. The fourth-order valence-corrected chi connectivity index (χ4v) is 4.53. The largest absolute Gasteiger partial charge is 0.490 e. The van der Waals surface area contributed by atoms with Gasteiger partial charge < -0.3 is 15.6 Å². The van der Waals surface area contributed by atoms with Crippen LogP contribution in [0.3, 0.4) is 0 Å². The number of nitrogens with two attached hydrogens (primary N) is 1. The van der Waals surface area contributed by atoms with Gasteiger partial charge in [0, 0.05) is 42.8 Å². The third-order valence-electron chi connectivity index (χ3n) is 6.62. The van der Waals surface area contributed by atoms with Crippen LogP contribution in [-0.2, 0) is 0 Å². The van der Waals surface area contributed by atoms with Crippen molar-refractivity contribution in [2.75, 3.05) is 39.8 Å². The van der Waals surface area contributed by atoms with Crippen molar-refractivity contribution in [3.8, 4) is 16.9 Å². The monoisotopic (exact) mass is 447 g/mol. The van der Waals surface area contributed by atoms with Crippen molar-refractivity contribution in [1.82, 2.24) is 9.80 Å². The van der Waals surface area contributed by atoms with Gasteiger partial charge in [0.1, 0.15) is 18.5 Å². The summed E-state index contributed by atoms with van der Waals surface area (Å²) < 4.78 is 6.17. The van der Waals surface area contributed by atoms with Crippen molar-refractivity contribution in [3.05, 3.63) is 66.2 Å². The van der Waals surface area contributed by atoms with E-state index in [1.54, 1.807) is 12.1 Å². The Morgan fingerprint density at radius 2 is 1.91 bits per heavy atom. The number of aliphatic hydroxyl groups excluding tert-OH is 1. The molecular weight excluding hydrogens is 414 g/mol. The fourth-order valence-electron chi connectivity index (χ4n) is 4.53. The average Bonchev–Trinajstić information content (AvgIpc) is 2.79. The molecule has 1 heterocycles. The predicted octanol–water partition coefficient (Wildman–Crippen LogP) is 3.37. The van der Waals surface area contributed by atoms with E-state index in [1.165, 1.54) is 0 Å². The van der Waals surface area contributed by atoms with E-state index in [9.17, 15) is 9.90 Å². The molecule has 1 fully saturated rings. The van der Waals surface area contributed by atoms with E-state index in [0.717, 1.165) is 41.5 Å². The molecule has 4 rings (SSSR count). The van der Waals surface area contributed by atoms with Crippen molar-refractivity contribution in [3.63, 3.8) is 0 Å². The van der Waals surface area contributed by atoms with Crippen LogP contribution in [0.2, 0.25) is 0 Å². The second-order valence-corrected chi connectivity index (χ2v) is 9.54. The molecule has 174 valence electrons. The number of β-amino-alcohol motifs (C(OH)–C–C–N with tert-alkyl or cyclic N) is 1. The Morgan fingerprint density at radius 3 is 2.67 bits per heavy atom. The third-order valence-corrected chi connectivity index (χ3v) is 6.62. The van der Waals surface area contributed by atoms with Gasteiger partial charge in [-0.05, 0) is 55.4 Å². The van der Waals surface area contributed by atoms with Crippen LogP contribution in [0.15, 0.2) is 60.7 Å². The lowest BCUT2D eigenvalue weighted by Crippen LogP contribution is -2.58. The van der Waals surface area contributed by atoms with Gasteiger partial charge in [-0.1, -0.05) is 42.5 Å². The Hall–Kier alpha value is -2.93. The first-order chi connectivity index (χ1) is 15.7. The van der Waals surface area contributed by atoms with E-state index in [-0.39, 0.29) is 12.1 Å². The number of carbonyl (C=O) groups excluding carboxylic acids is 1. The normalized spacial score (nSPS) is 17.7. The van der Waals surface area contributed by atoms with Crippen molar-refractivity contribution in [2.24, 2.45) is 5.73 Å². The van der Waals surface area contributed by atoms with Crippen molar-refractivity contribution in [2.45, 2.75) is 25.5 Å². The van der Waals surface area contributed by atoms with E-state index in [0.29, 0.717) is 17.9 Å². The number of carbonyl (C=O) groups is 1. The fraction of sp³-hybridized carbons (Fsp3) is 0.370. The SMILES string of the molecule is CN1CCN(CC(O)COc2ccc3ccccc3c2-c2cccc(C(N)=O)c2)CC1(C)C. The molecule has 3 aromatic carbocycles. The lowest BCUT2D eigenvalue weighted by molar-refractivity contribution is 0.00400. The number of benzene rings is 3. The van der Waals surface area contributed by atoms with E-state index in [1.807, 2.05) is 48.5 Å². The molecule has 0 bridgehead atoms. The highest BCUT2D eigenvalue weighted by Crippen LogP contribution is 2.37.